The molecule has 0 radical (unpaired) electrons. The topological polar surface area (TPSA) is 58.2 Å². The van der Waals surface area contributed by atoms with Crippen LogP contribution in [0, 0.1) is 0 Å². The Morgan fingerprint density at radius 2 is 1.94 bits per heavy atom. The lowest BCUT2D eigenvalue weighted by atomic mass is 10.0. The van der Waals surface area contributed by atoms with Crippen molar-refractivity contribution in [3.63, 3.8) is 0 Å². The van der Waals surface area contributed by atoms with E-state index in [-0.39, 0.29) is 18.4 Å². The third-order valence-electron chi connectivity index (χ3n) is 2.43. The highest BCUT2D eigenvalue weighted by Crippen LogP contribution is 2.12. The molecule has 0 aromatic heterocycles. The fraction of sp³-hybridized carbons (Fsp3) is 0.273. The zero-order valence-electron chi connectivity index (χ0n) is 8.50. The van der Waals surface area contributed by atoms with E-state index < -0.39 is 6.04 Å². The van der Waals surface area contributed by atoms with Crippen molar-refractivity contribution in [2.24, 2.45) is 0 Å². The van der Waals surface area contributed by atoms with Gasteiger partial charge in [-0.15, -0.1) is 0 Å². The maximum absolute atomic E-state index is 11.5. The van der Waals surface area contributed by atoms with E-state index in [9.17, 15) is 9.59 Å². The molecule has 84 valence electrons. The molecule has 1 aromatic rings. The Morgan fingerprint density at radius 1 is 1.25 bits per heavy atom. The highest BCUT2D eigenvalue weighted by atomic mass is 79.9. The quantitative estimate of drug-likeness (QED) is 0.835. The first-order valence-electron chi connectivity index (χ1n) is 4.96. The summed E-state index contributed by atoms with van der Waals surface area (Å²) in [7, 11) is 0. The lowest BCUT2D eigenvalue weighted by Crippen LogP contribution is -2.56. The van der Waals surface area contributed by atoms with Crippen molar-refractivity contribution in [2.75, 3.05) is 6.54 Å². The predicted molar refractivity (Wildman–Crippen MR) is 62.8 cm³/mol. The highest BCUT2D eigenvalue weighted by molar-refractivity contribution is 9.10. The number of hydrogen-bond acceptors (Lipinski definition) is 2. The number of amides is 2. The van der Waals surface area contributed by atoms with Gasteiger partial charge in [0.05, 0.1) is 6.54 Å². The van der Waals surface area contributed by atoms with E-state index in [1.165, 1.54) is 0 Å². The summed E-state index contributed by atoms with van der Waals surface area (Å²) in [6.45, 7) is 0.0790. The molecule has 5 heteroatoms. The summed E-state index contributed by atoms with van der Waals surface area (Å²) in [6, 6.07) is 7.23. The molecule has 0 aliphatic carbocycles. The zero-order chi connectivity index (χ0) is 11.5. The van der Waals surface area contributed by atoms with Gasteiger partial charge in [0.1, 0.15) is 6.04 Å². The van der Waals surface area contributed by atoms with Crippen LogP contribution < -0.4 is 10.6 Å². The van der Waals surface area contributed by atoms with Crippen molar-refractivity contribution in [2.45, 2.75) is 12.5 Å². The van der Waals surface area contributed by atoms with Crippen LogP contribution in [0.5, 0.6) is 0 Å². The van der Waals surface area contributed by atoms with Gasteiger partial charge < -0.3 is 10.6 Å². The van der Waals surface area contributed by atoms with E-state index in [4.69, 9.17) is 0 Å². The third-order valence-corrected chi connectivity index (χ3v) is 2.96. The van der Waals surface area contributed by atoms with Gasteiger partial charge in [-0.05, 0) is 17.7 Å². The molecule has 2 rings (SSSR count). The third kappa shape index (κ3) is 2.61. The van der Waals surface area contributed by atoms with E-state index >= 15 is 0 Å². The summed E-state index contributed by atoms with van der Waals surface area (Å²) in [5.41, 5.74) is 1.02. The fourth-order valence-electron chi connectivity index (χ4n) is 1.60. The number of benzene rings is 1. The van der Waals surface area contributed by atoms with Crippen LogP contribution in [0.4, 0.5) is 0 Å². The normalized spacial score (nSPS) is 20.2. The Labute approximate surface area is 102 Å². The number of rotatable bonds is 2. The lowest BCUT2D eigenvalue weighted by molar-refractivity contribution is -0.133. The number of halogens is 1. The van der Waals surface area contributed by atoms with E-state index in [1.807, 2.05) is 24.3 Å². The molecule has 0 saturated carbocycles. The molecule has 0 unspecified atom stereocenters. The minimum Gasteiger partial charge on any atom is -0.345 e. The molecule has 4 nitrogen and oxygen atoms in total. The molecule has 1 fully saturated rings. The van der Waals surface area contributed by atoms with Gasteiger partial charge in [0.25, 0.3) is 0 Å². The molecule has 0 spiro atoms. The van der Waals surface area contributed by atoms with Gasteiger partial charge in [-0.1, -0.05) is 28.1 Å². The number of nitrogens with one attached hydrogen (secondary N) is 2. The first kappa shape index (κ1) is 11.1. The van der Waals surface area contributed by atoms with Crippen molar-refractivity contribution in [3.8, 4) is 0 Å². The van der Waals surface area contributed by atoms with Crippen molar-refractivity contribution in [1.82, 2.24) is 10.6 Å². The van der Waals surface area contributed by atoms with E-state index in [2.05, 4.69) is 26.6 Å². The summed E-state index contributed by atoms with van der Waals surface area (Å²) >= 11 is 3.34. The molecule has 1 aliphatic heterocycles. The van der Waals surface area contributed by atoms with E-state index in [0.717, 1.165) is 10.0 Å². The summed E-state index contributed by atoms with van der Waals surface area (Å²) in [6.07, 6.45) is 0.519. The molecule has 1 saturated heterocycles. The van der Waals surface area contributed by atoms with Gasteiger partial charge >= 0.3 is 0 Å². The molecule has 2 amide bonds. The maximum Gasteiger partial charge on any atom is 0.243 e. The van der Waals surface area contributed by atoms with Gasteiger partial charge in [-0.2, -0.15) is 0 Å². The number of carbonyl (C=O) groups excluding carboxylic acids is 2. The van der Waals surface area contributed by atoms with Crippen LogP contribution in [0.1, 0.15) is 5.56 Å². The second-order valence-corrected chi connectivity index (χ2v) is 4.58. The minimum absolute atomic E-state index is 0.0790. The molecular weight excluding hydrogens is 272 g/mol. The second kappa shape index (κ2) is 4.65. The number of carbonyl (C=O) groups is 2. The average molecular weight is 283 g/mol. The molecule has 16 heavy (non-hydrogen) atoms. The van der Waals surface area contributed by atoms with E-state index in [1.54, 1.807) is 0 Å². The monoisotopic (exact) mass is 282 g/mol. The van der Waals surface area contributed by atoms with Gasteiger partial charge in [0.15, 0.2) is 0 Å². The van der Waals surface area contributed by atoms with Crippen molar-refractivity contribution in [1.29, 1.82) is 0 Å². The average Bonchev–Trinajstić information content (AvgIpc) is 2.27. The maximum atomic E-state index is 11.5. The Bertz CT molecular complexity index is 416. The Balaban J connectivity index is 2.05. The summed E-state index contributed by atoms with van der Waals surface area (Å²) in [5.74, 6) is -0.260. The van der Waals surface area contributed by atoms with Crippen LogP contribution in [0.2, 0.25) is 0 Å². The van der Waals surface area contributed by atoms with Crippen LogP contribution in [0.3, 0.4) is 0 Å². The van der Waals surface area contributed by atoms with Gasteiger partial charge in [0.2, 0.25) is 11.8 Å². The van der Waals surface area contributed by atoms with Gasteiger partial charge in [-0.3, -0.25) is 9.59 Å². The smallest absolute Gasteiger partial charge is 0.243 e. The summed E-state index contributed by atoms with van der Waals surface area (Å²) in [5, 5.41) is 5.22. The number of hydrogen-bond donors (Lipinski definition) is 2. The molecule has 1 heterocycles. The first-order valence-corrected chi connectivity index (χ1v) is 5.76. The molecular formula is C11H11BrN2O2. The van der Waals surface area contributed by atoms with Crippen LogP contribution in [0.25, 0.3) is 0 Å². The van der Waals surface area contributed by atoms with Crippen LogP contribution >= 0.6 is 15.9 Å². The van der Waals surface area contributed by atoms with Crippen molar-refractivity contribution < 1.29 is 9.59 Å². The summed E-state index contributed by atoms with van der Waals surface area (Å²) < 4.78 is 0.994. The van der Waals surface area contributed by atoms with Crippen molar-refractivity contribution in [3.05, 3.63) is 34.3 Å². The Kier molecular flexibility index (Phi) is 3.24. The fourth-order valence-corrected chi connectivity index (χ4v) is 1.87. The Hall–Kier alpha value is -1.36. The van der Waals surface area contributed by atoms with Crippen LogP contribution in [-0.2, 0) is 16.0 Å². The molecule has 1 aliphatic rings. The summed E-state index contributed by atoms with van der Waals surface area (Å²) in [4.78, 5) is 22.6. The Morgan fingerprint density at radius 3 is 2.62 bits per heavy atom. The second-order valence-electron chi connectivity index (χ2n) is 3.67. The molecule has 1 aromatic carbocycles. The van der Waals surface area contributed by atoms with Crippen LogP contribution in [-0.4, -0.2) is 24.4 Å². The van der Waals surface area contributed by atoms with Crippen LogP contribution in [0.15, 0.2) is 28.7 Å². The number of piperazine rings is 1. The standard InChI is InChI=1S/C11H11BrN2O2/c12-8-3-1-7(2-4-8)5-9-11(16)13-6-10(15)14-9/h1-4,9H,5-6H2,(H,13,16)(H,14,15)/t9-/m0/s1. The lowest BCUT2D eigenvalue weighted by Gasteiger charge is -2.23. The molecule has 1 atom stereocenters. The van der Waals surface area contributed by atoms with Crippen molar-refractivity contribution >= 4 is 27.7 Å². The van der Waals surface area contributed by atoms with Gasteiger partial charge in [0, 0.05) is 10.9 Å². The first-order chi connectivity index (χ1) is 7.65. The SMILES string of the molecule is O=C1CNC(=O)[C@H](Cc2ccc(Br)cc2)N1. The zero-order valence-corrected chi connectivity index (χ0v) is 10.1. The molecule has 2 N–H and O–H groups in total. The van der Waals surface area contributed by atoms with E-state index in [0.29, 0.717) is 6.42 Å². The minimum atomic E-state index is -0.456. The van der Waals surface area contributed by atoms with Gasteiger partial charge in [-0.25, -0.2) is 0 Å². The highest BCUT2D eigenvalue weighted by Gasteiger charge is 2.25. The molecule has 0 bridgehead atoms. The predicted octanol–water partition coefficient (Wildman–Crippen LogP) is 0.606. The largest absolute Gasteiger partial charge is 0.345 e.